The molecule has 0 amide bonds. The van der Waals surface area contributed by atoms with Crippen LogP contribution in [-0.4, -0.2) is 29.4 Å². The van der Waals surface area contributed by atoms with Crippen molar-refractivity contribution in [3.63, 3.8) is 0 Å². The summed E-state index contributed by atoms with van der Waals surface area (Å²) in [5.41, 5.74) is 3.69. The van der Waals surface area contributed by atoms with Crippen LogP contribution in [0.2, 0.25) is 0 Å². The summed E-state index contributed by atoms with van der Waals surface area (Å²) in [4.78, 5) is 45.7. The van der Waals surface area contributed by atoms with Crippen molar-refractivity contribution in [3.8, 4) is 0 Å². The molecule has 184 valence electrons. The number of hydrogen-bond donors (Lipinski definition) is 0. The van der Waals surface area contributed by atoms with Crippen LogP contribution in [0, 0.1) is 12.3 Å². The van der Waals surface area contributed by atoms with Gasteiger partial charge in [-0.2, -0.15) is 0 Å². The van der Waals surface area contributed by atoms with Crippen molar-refractivity contribution in [3.05, 3.63) is 143 Å². The molecule has 4 nitrogen and oxygen atoms in total. The number of benzene rings is 4. The second-order valence-corrected chi connectivity index (χ2v) is 10.4. The second-order valence-electron chi connectivity index (χ2n) is 10.4. The van der Waals surface area contributed by atoms with Crippen LogP contribution >= 0.6 is 0 Å². The van der Waals surface area contributed by atoms with Crippen LogP contribution in [0.1, 0.15) is 53.7 Å². The Balaban J connectivity index is 1.56. The molecule has 3 atom stereocenters. The third-order valence-corrected chi connectivity index (χ3v) is 8.45. The summed E-state index contributed by atoms with van der Waals surface area (Å²) in [6.45, 7) is 2.02. The fraction of sp³-hybridized carbons (Fsp3) is 0.147. The lowest BCUT2D eigenvalue weighted by Crippen LogP contribution is -2.48. The van der Waals surface area contributed by atoms with Crippen LogP contribution in [-0.2, 0) is 0 Å². The van der Waals surface area contributed by atoms with Gasteiger partial charge in [-0.3, -0.25) is 14.4 Å². The van der Waals surface area contributed by atoms with E-state index in [2.05, 4.69) is 11.0 Å². The van der Waals surface area contributed by atoms with Crippen molar-refractivity contribution in [1.29, 1.82) is 0 Å². The normalized spacial score (nSPS) is 22.3. The van der Waals surface area contributed by atoms with Gasteiger partial charge >= 0.3 is 0 Å². The van der Waals surface area contributed by atoms with Gasteiger partial charge < -0.3 is 4.90 Å². The molecule has 1 fully saturated rings. The Morgan fingerprint density at radius 1 is 0.763 bits per heavy atom. The highest BCUT2D eigenvalue weighted by Gasteiger charge is 2.71. The van der Waals surface area contributed by atoms with Crippen molar-refractivity contribution in [2.24, 2.45) is 5.41 Å². The van der Waals surface area contributed by atoms with Crippen LogP contribution in [0.15, 0.2) is 109 Å². The van der Waals surface area contributed by atoms with Crippen molar-refractivity contribution in [1.82, 2.24) is 0 Å². The highest BCUT2D eigenvalue weighted by atomic mass is 16.2. The first kappa shape index (κ1) is 22.6. The van der Waals surface area contributed by atoms with Gasteiger partial charge in [0.1, 0.15) is 11.5 Å². The molecule has 1 saturated heterocycles. The van der Waals surface area contributed by atoms with Gasteiger partial charge in [0.25, 0.3) is 0 Å². The summed E-state index contributed by atoms with van der Waals surface area (Å²) in [7, 11) is 0. The molecule has 0 radical (unpaired) electrons. The van der Waals surface area contributed by atoms with Gasteiger partial charge in [-0.15, -0.1) is 0 Å². The first-order valence-corrected chi connectivity index (χ1v) is 12.9. The van der Waals surface area contributed by atoms with Crippen molar-refractivity contribution in [2.75, 3.05) is 4.90 Å². The van der Waals surface area contributed by atoms with Gasteiger partial charge in [-0.25, -0.2) is 0 Å². The number of anilines is 1. The van der Waals surface area contributed by atoms with E-state index >= 15 is 0 Å². The number of carbonyl (C=O) groups is 3. The third kappa shape index (κ3) is 2.89. The molecule has 1 unspecified atom stereocenters. The number of aryl methyl sites for hydroxylation is 1. The van der Waals surface area contributed by atoms with Crippen molar-refractivity contribution in [2.45, 2.75) is 24.9 Å². The van der Waals surface area contributed by atoms with E-state index in [0.717, 1.165) is 22.4 Å². The lowest BCUT2D eigenvalue weighted by atomic mass is 9.64. The Bertz CT molecular complexity index is 1620. The van der Waals surface area contributed by atoms with Gasteiger partial charge in [-0.1, -0.05) is 109 Å². The van der Waals surface area contributed by atoms with Crippen LogP contribution in [0.3, 0.4) is 0 Å². The van der Waals surface area contributed by atoms with E-state index in [1.165, 1.54) is 0 Å². The number of rotatable bonds is 3. The molecule has 1 spiro atoms. The molecule has 2 aliphatic heterocycles. The van der Waals surface area contributed by atoms with E-state index in [0.29, 0.717) is 16.7 Å². The van der Waals surface area contributed by atoms with E-state index in [-0.39, 0.29) is 17.3 Å². The minimum Gasteiger partial charge on any atom is -0.352 e. The number of ketones is 3. The largest absolute Gasteiger partial charge is 0.352 e. The molecule has 7 rings (SSSR count). The van der Waals surface area contributed by atoms with E-state index < -0.39 is 23.4 Å². The Morgan fingerprint density at radius 3 is 2.03 bits per heavy atom. The monoisotopic (exact) mass is 495 g/mol. The predicted molar refractivity (Wildman–Crippen MR) is 148 cm³/mol. The maximum absolute atomic E-state index is 14.6. The number of Topliss-reactive ketones (excluding diaryl/α,β-unsaturated/α-hetero) is 3. The molecule has 3 aliphatic rings. The molecule has 0 N–H and O–H groups in total. The average molecular weight is 496 g/mol. The zero-order valence-electron chi connectivity index (χ0n) is 20.9. The van der Waals surface area contributed by atoms with E-state index in [1.54, 1.807) is 24.3 Å². The summed E-state index contributed by atoms with van der Waals surface area (Å²) in [5, 5.41) is 0. The SMILES string of the molecule is Cc1ccc2c(c1)N1C(C=C2)C2(C(=O)c3ccccc3C2=O)[C@@H](c2ccccc2)[C@@H]1C(=O)c1ccccc1. The van der Waals surface area contributed by atoms with Gasteiger partial charge in [-0.05, 0) is 29.7 Å². The molecule has 0 saturated carbocycles. The first-order chi connectivity index (χ1) is 18.5. The maximum Gasteiger partial charge on any atom is 0.185 e. The Labute approximate surface area is 221 Å². The number of hydrogen-bond acceptors (Lipinski definition) is 4. The molecule has 4 heteroatoms. The summed E-state index contributed by atoms with van der Waals surface area (Å²) in [6, 6.07) is 30.7. The zero-order chi connectivity index (χ0) is 26.0. The quantitative estimate of drug-likeness (QED) is 0.247. The minimum absolute atomic E-state index is 0.0966. The molecule has 2 heterocycles. The van der Waals surface area contributed by atoms with Crippen molar-refractivity contribution < 1.29 is 14.4 Å². The Morgan fingerprint density at radius 2 is 1.37 bits per heavy atom. The minimum atomic E-state index is -1.46. The predicted octanol–water partition coefficient (Wildman–Crippen LogP) is 6.31. The molecule has 4 aromatic carbocycles. The molecule has 4 aromatic rings. The van der Waals surface area contributed by atoms with E-state index in [9.17, 15) is 14.4 Å². The molecule has 0 bridgehead atoms. The zero-order valence-corrected chi connectivity index (χ0v) is 20.9. The standard InChI is InChI=1S/C34H25NO3/c1-21-16-17-22-18-19-28-34(32(37)25-14-8-9-15-26(25)33(34)38)29(23-10-4-2-5-11-23)30(35(28)27(22)20-21)31(36)24-12-6-3-7-13-24/h2-20,28-30H,1H3/t28?,29-,30+/m0/s1. The van der Waals surface area contributed by atoms with Crippen LogP contribution in [0.4, 0.5) is 5.69 Å². The summed E-state index contributed by atoms with van der Waals surface area (Å²) >= 11 is 0. The van der Waals surface area contributed by atoms with Crippen LogP contribution in [0.5, 0.6) is 0 Å². The summed E-state index contributed by atoms with van der Waals surface area (Å²) < 4.78 is 0. The van der Waals surface area contributed by atoms with E-state index in [1.807, 2.05) is 91.9 Å². The van der Waals surface area contributed by atoms with Crippen molar-refractivity contribution >= 4 is 29.1 Å². The third-order valence-electron chi connectivity index (χ3n) is 8.45. The molecule has 1 aliphatic carbocycles. The van der Waals surface area contributed by atoms with Gasteiger partial charge in [0.2, 0.25) is 0 Å². The van der Waals surface area contributed by atoms with Gasteiger partial charge in [0, 0.05) is 28.3 Å². The fourth-order valence-corrected chi connectivity index (χ4v) is 6.88. The molecular formula is C34H25NO3. The smallest absolute Gasteiger partial charge is 0.185 e. The number of fused-ring (bicyclic) bond motifs is 5. The number of carbonyl (C=O) groups excluding carboxylic acids is 3. The Kier molecular flexibility index (Phi) is 4.89. The molecular weight excluding hydrogens is 470 g/mol. The molecule has 38 heavy (non-hydrogen) atoms. The lowest BCUT2D eigenvalue weighted by molar-refractivity contribution is 0.0666. The maximum atomic E-state index is 14.6. The topological polar surface area (TPSA) is 54.5 Å². The highest BCUT2D eigenvalue weighted by molar-refractivity contribution is 6.32. The first-order valence-electron chi connectivity index (χ1n) is 12.9. The second kappa shape index (κ2) is 8.22. The van der Waals surface area contributed by atoms with Gasteiger partial charge in [0.05, 0.1) is 6.04 Å². The molecule has 0 aromatic heterocycles. The lowest BCUT2D eigenvalue weighted by Gasteiger charge is -2.37. The summed E-state index contributed by atoms with van der Waals surface area (Å²) in [6.07, 6.45) is 3.96. The number of nitrogens with zero attached hydrogens (tertiary/aromatic N) is 1. The Hall–Kier alpha value is -4.57. The van der Waals surface area contributed by atoms with Crippen LogP contribution in [0.25, 0.3) is 6.08 Å². The van der Waals surface area contributed by atoms with Crippen LogP contribution < -0.4 is 4.90 Å². The average Bonchev–Trinajstić information content (AvgIpc) is 3.40. The summed E-state index contributed by atoms with van der Waals surface area (Å²) in [5.74, 6) is -1.18. The highest BCUT2D eigenvalue weighted by Crippen LogP contribution is 2.61. The van der Waals surface area contributed by atoms with Gasteiger partial charge in [0.15, 0.2) is 17.3 Å². The fourth-order valence-electron chi connectivity index (χ4n) is 6.88. The van der Waals surface area contributed by atoms with E-state index in [4.69, 9.17) is 0 Å².